The van der Waals surface area contributed by atoms with Gasteiger partial charge in [0.2, 0.25) is 0 Å². The number of halogens is 1. The zero-order chi connectivity index (χ0) is 18.7. The van der Waals surface area contributed by atoms with E-state index < -0.39 is 11.7 Å². The molecule has 0 saturated heterocycles. The molecule has 0 radical (unpaired) electrons. The number of aryl methyl sites for hydroxylation is 2. The third-order valence-corrected chi connectivity index (χ3v) is 4.17. The van der Waals surface area contributed by atoms with E-state index in [2.05, 4.69) is 41.3 Å². The first kappa shape index (κ1) is 17.6. The second kappa shape index (κ2) is 7.35. The second-order valence-electron chi connectivity index (χ2n) is 6.20. The number of hydrogen-bond acceptors (Lipinski definition) is 2. The minimum atomic E-state index is -0.999. The maximum Gasteiger partial charge on any atom is 0.279 e. The molecule has 0 aliphatic heterocycles. The number of carbonyl (C=O) groups excluding carboxylic acids is 1. The normalized spacial score (nSPS) is 10.6. The summed E-state index contributed by atoms with van der Waals surface area (Å²) in [7, 11) is 1.85. The SMILES string of the molecule is C=C(F)C(=O)NCc1ccc(-c2ccc(C)cc2)cc1-c1ccn(C)n1. The molecule has 1 amide bonds. The molecule has 2 aromatic carbocycles. The molecule has 0 aliphatic carbocycles. The highest BCUT2D eigenvalue weighted by atomic mass is 19.1. The molecule has 0 aliphatic rings. The number of aromatic nitrogens is 2. The molecule has 0 saturated carbocycles. The maximum atomic E-state index is 12.9. The largest absolute Gasteiger partial charge is 0.346 e. The summed E-state index contributed by atoms with van der Waals surface area (Å²) in [6.07, 6.45) is 1.86. The van der Waals surface area contributed by atoms with E-state index in [1.54, 1.807) is 4.68 Å². The van der Waals surface area contributed by atoms with Crippen LogP contribution >= 0.6 is 0 Å². The lowest BCUT2D eigenvalue weighted by molar-refractivity contribution is -0.119. The lowest BCUT2D eigenvalue weighted by Crippen LogP contribution is -2.23. The Kier molecular flexibility index (Phi) is 4.98. The minimum absolute atomic E-state index is 0.196. The quantitative estimate of drug-likeness (QED) is 0.703. The van der Waals surface area contributed by atoms with Crippen LogP contribution < -0.4 is 5.32 Å². The van der Waals surface area contributed by atoms with E-state index in [1.807, 2.05) is 44.4 Å². The molecule has 5 heteroatoms. The smallest absolute Gasteiger partial charge is 0.279 e. The van der Waals surface area contributed by atoms with Gasteiger partial charge in [0.15, 0.2) is 5.83 Å². The van der Waals surface area contributed by atoms with Crippen molar-refractivity contribution < 1.29 is 9.18 Å². The lowest BCUT2D eigenvalue weighted by Gasteiger charge is -2.12. The van der Waals surface area contributed by atoms with Gasteiger partial charge >= 0.3 is 0 Å². The first-order chi connectivity index (χ1) is 12.4. The molecule has 1 N–H and O–H groups in total. The number of hydrogen-bond donors (Lipinski definition) is 1. The molecule has 3 rings (SSSR count). The van der Waals surface area contributed by atoms with Gasteiger partial charge in [0.25, 0.3) is 5.91 Å². The fraction of sp³-hybridized carbons (Fsp3) is 0.143. The van der Waals surface area contributed by atoms with Gasteiger partial charge in [-0.3, -0.25) is 9.48 Å². The van der Waals surface area contributed by atoms with Gasteiger partial charge in [0.05, 0.1) is 5.69 Å². The van der Waals surface area contributed by atoms with Crippen molar-refractivity contribution in [3.05, 3.63) is 78.3 Å². The van der Waals surface area contributed by atoms with Crippen molar-refractivity contribution in [2.75, 3.05) is 0 Å². The number of nitrogens with one attached hydrogen (secondary N) is 1. The van der Waals surface area contributed by atoms with Gasteiger partial charge in [-0.1, -0.05) is 48.5 Å². The van der Waals surface area contributed by atoms with Crippen LogP contribution in [0.15, 0.2) is 67.1 Å². The summed E-state index contributed by atoms with van der Waals surface area (Å²) in [6, 6.07) is 16.1. The molecule has 4 nitrogen and oxygen atoms in total. The summed E-state index contributed by atoms with van der Waals surface area (Å²) < 4.78 is 14.6. The topological polar surface area (TPSA) is 46.9 Å². The monoisotopic (exact) mass is 349 g/mol. The molecule has 132 valence electrons. The Morgan fingerprint density at radius 1 is 1.15 bits per heavy atom. The average molecular weight is 349 g/mol. The number of rotatable bonds is 5. The lowest BCUT2D eigenvalue weighted by atomic mass is 9.97. The van der Waals surface area contributed by atoms with Crippen molar-refractivity contribution >= 4 is 5.91 Å². The van der Waals surface area contributed by atoms with Crippen LogP contribution in [0, 0.1) is 6.92 Å². The Morgan fingerprint density at radius 3 is 2.46 bits per heavy atom. The number of amides is 1. The van der Waals surface area contributed by atoms with Crippen LogP contribution in [0.3, 0.4) is 0 Å². The summed E-state index contributed by atoms with van der Waals surface area (Å²) in [5.74, 6) is -1.81. The summed E-state index contributed by atoms with van der Waals surface area (Å²) in [5, 5.41) is 7.00. The zero-order valence-corrected chi connectivity index (χ0v) is 14.8. The highest BCUT2D eigenvalue weighted by Gasteiger charge is 2.12. The minimum Gasteiger partial charge on any atom is -0.346 e. The van der Waals surface area contributed by atoms with Crippen LogP contribution in [0.1, 0.15) is 11.1 Å². The van der Waals surface area contributed by atoms with Gasteiger partial charge in [-0.05, 0) is 35.7 Å². The van der Waals surface area contributed by atoms with Crippen LogP contribution in [0.2, 0.25) is 0 Å². The molecular weight excluding hydrogens is 329 g/mol. The van der Waals surface area contributed by atoms with Crippen LogP contribution in [0.5, 0.6) is 0 Å². The second-order valence-corrected chi connectivity index (χ2v) is 6.20. The molecule has 26 heavy (non-hydrogen) atoms. The van der Waals surface area contributed by atoms with E-state index in [0.717, 1.165) is 27.9 Å². The Labute approximate surface area is 152 Å². The zero-order valence-electron chi connectivity index (χ0n) is 14.8. The maximum absolute atomic E-state index is 12.9. The van der Waals surface area contributed by atoms with E-state index in [1.165, 1.54) is 5.56 Å². The van der Waals surface area contributed by atoms with Crippen molar-refractivity contribution in [2.45, 2.75) is 13.5 Å². The Balaban J connectivity index is 1.99. The summed E-state index contributed by atoms with van der Waals surface area (Å²) in [4.78, 5) is 11.5. The molecule has 3 aromatic rings. The third-order valence-electron chi connectivity index (χ3n) is 4.17. The van der Waals surface area contributed by atoms with Gasteiger partial charge < -0.3 is 5.32 Å². The Hall–Kier alpha value is -3.21. The van der Waals surface area contributed by atoms with Crippen LogP contribution in [-0.2, 0) is 18.4 Å². The standard InChI is InChI=1S/C21H20FN3O/c1-14-4-6-16(7-5-14)17-8-9-18(13-23-21(26)15(2)22)19(12-17)20-10-11-25(3)24-20/h4-12H,2,13H2,1,3H3,(H,23,26). The summed E-state index contributed by atoms with van der Waals surface area (Å²) in [6.45, 7) is 5.26. The van der Waals surface area contributed by atoms with Crippen molar-refractivity contribution in [1.82, 2.24) is 15.1 Å². The molecule has 0 unspecified atom stereocenters. The van der Waals surface area contributed by atoms with Gasteiger partial charge in [-0.2, -0.15) is 5.10 Å². The van der Waals surface area contributed by atoms with E-state index in [0.29, 0.717) is 0 Å². The number of nitrogens with zero attached hydrogens (tertiary/aromatic N) is 2. The Bertz CT molecular complexity index is 958. The fourth-order valence-electron chi connectivity index (χ4n) is 2.72. The van der Waals surface area contributed by atoms with Crippen LogP contribution in [-0.4, -0.2) is 15.7 Å². The molecule has 1 heterocycles. The van der Waals surface area contributed by atoms with Crippen LogP contribution in [0.4, 0.5) is 4.39 Å². The van der Waals surface area contributed by atoms with Gasteiger partial charge in [-0.15, -0.1) is 0 Å². The molecule has 0 spiro atoms. The van der Waals surface area contributed by atoms with E-state index in [4.69, 9.17) is 0 Å². The molecule has 1 aromatic heterocycles. The molecule has 0 atom stereocenters. The number of carbonyl (C=O) groups is 1. The number of benzene rings is 2. The van der Waals surface area contributed by atoms with Crippen molar-refractivity contribution in [2.24, 2.45) is 7.05 Å². The van der Waals surface area contributed by atoms with Crippen molar-refractivity contribution in [3.8, 4) is 22.4 Å². The van der Waals surface area contributed by atoms with Gasteiger partial charge in [-0.25, -0.2) is 4.39 Å². The van der Waals surface area contributed by atoms with Crippen molar-refractivity contribution in [1.29, 1.82) is 0 Å². The predicted molar refractivity (Wildman–Crippen MR) is 101 cm³/mol. The van der Waals surface area contributed by atoms with Gasteiger partial charge in [0, 0.05) is 25.4 Å². The first-order valence-electron chi connectivity index (χ1n) is 8.26. The summed E-state index contributed by atoms with van der Waals surface area (Å²) in [5.41, 5.74) is 5.90. The van der Waals surface area contributed by atoms with Crippen molar-refractivity contribution in [3.63, 3.8) is 0 Å². The Morgan fingerprint density at radius 2 is 1.85 bits per heavy atom. The fourth-order valence-corrected chi connectivity index (χ4v) is 2.72. The predicted octanol–water partition coefficient (Wildman–Crippen LogP) is 4.16. The average Bonchev–Trinajstić information content (AvgIpc) is 3.06. The first-order valence-corrected chi connectivity index (χ1v) is 8.26. The third kappa shape index (κ3) is 3.88. The molecule has 0 bridgehead atoms. The van der Waals surface area contributed by atoms with E-state index in [-0.39, 0.29) is 6.54 Å². The molecular formula is C21H20FN3O. The van der Waals surface area contributed by atoms with E-state index in [9.17, 15) is 9.18 Å². The highest BCUT2D eigenvalue weighted by molar-refractivity contribution is 5.90. The summed E-state index contributed by atoms with van der Waals surface area (Å²) >= 11 is 0. The van der Waals surface area contributed by atoms with Gasteiger partial charge in [0.1, 0.15) is 0 Å². The highest BCUT2D eigenvalue weighted by Crippen LogP contribution is 2.29. The molecule has 0 fully saturated rings. The van der Waals surface area contributed by atoms with E-state index >= 15 is 0 Å². The van der Waals surface area contributed by atoms with Crippen LogP contribution in [0.25, 0.3) is 22.4 Å².